The van der Waals surface area contributed by atoms with Gasteiger partial charge in [0.15, 0.2) is 0 Å². The first-order valence-corrected chi connectivity index (χ1v) is 7.38. The summed E-state index contributed by atoms with van der Waals surface area (Å²) >= 11 is 1.94. The number of rotatable bonds is 11. The van der Waals surface area contributed by atoms with E-state index in [1.807, 2.05) is 11.8 Å². The van der Waals surface area contributed by atoms with E-state index in [-0.39, 0.29) is 0 Å². The molecule has 0 heterocycles. The van der Waals surface area contributed by atoms with E-state index in [1.54, 1.807) is 0 Å². The van der Waals surface area contributed by atoms with Crippen LogP contribution >= 0.6 is 11.8 Å². The van der Waals surface area contributed by atoms with Crippen molar-refractivity contribution in [3.63, 3.8) is 0 Å². The summed E-state index contributed by atoms with van der Waals surface area (Å²) in [4.78, 5) is 0. The second-order valence-corrected chi connectivity index (χ2v) is 4.76. The van der Waals surface area contributed by atoms with E-state index in [0.29, 0.717) is 6.42 Å². The fraction of sp³-hybridized carbons (Fsp3) is 0.917. The average Bonchev–Trinajstić information content (AvgIpc) is 2.26. The highest BCUT2D eigenvalue weighted by Crippen LogP contribution is 2.03. The summed E-state index contributed by atoms with van der Waals surface area (Å²) < 4.78 is 0. The van der Waals surface area contributed by atoms with Crippen molar-refractivity contribution in [2.45, 2.75) is 44.9 Å². The molecule has 0 aliphatic carbocycles. The Morgan fingerprint density at radius 3 is 2.33 bits per heavy atom. The van der Waals surface area contributed by atoms with Gasteiger partial charge in [-0.15, -0.1) is 0 Å². The SMILES string of the molecule is CSCCCCCCNCCCCC#N. The zero-order valence-electron chi connectivity index (χ0n) is 9.93. The normalized spacial score (nSPS) is 10.1. The molecule has 0 aliphatic rings. The highest BCUT2D eigenvalue weighted by molar-refractivity contribution is 7.98. The van der Waals surface area contributed by atoms with Crippen LogP contribution in [-0.2, 0) is 0 Å². The standard InChI is InChI=1S/C12H24N2S/c1-15-12-8-3-2-6-10-14-11-7-4-5-9-13/h14H,2-8,10-12H2,1H3. The highest BCUT2D eigenvalue weighted by Gasteiger charge is 1.91. The van der Waals surface area contributed by atoms with Crippen molar-refractivity contribution in [2.24, 2.45) is 0 Å². The molecule has 0 saturated heterocycles. The fourth-order valence-electron chi connectivity index (χ4n) is 1.43. The predicted octanol–water partition coefficient (Wildman–Crippen LogP) is 3.19. The lowest BCUT2D eigenvalue weighted by atomic mass is 10.2. The molecule has 15 heavy (non-hydrogen) atoms. The molecule has 0 radical (unpaired) electrons. The zero-order valence-corrected chi connectivity index (χ0v) is 10.7. The molecule has 0 aromatic carbocycles. The Morgan fingerprint density at radius 1 is 1.00 bits per heavy atom. The summed E-state index contributed by atoms with van der Waals surface area (Å²) in [6.07, 6.45) is 10.4. The summed E-state index contributed by atoms with van der Waals surface area (Å²) in [6.45, 7) is 2.22. The lowest BCUT2D eigenvalue weighted by Crippen LogP contribution is -2.16. The van der Waals surface area contributed by atoms with Gasteiger partial charge in [0, 0.05) is 6.42 Å². The Kier molecular flexibility index (Phi) is 13.6. The van der Waals surface area contributed by atoms with Gasteiger partial charge in [-0.3, -0.25) is 0 Å². The topological polar surface area (TPSA) is 35.8 Å². The average molecular weight is 228 g/mol. The first-order valence-electron chi connectivity index (χ1n) is 5.98. The molecule has 0 aromatic rings. The van der Waals surface area contributed by atoms with E-state index in [1.165, 1.54) is 31.4 Å². The lowest BCUT2D eigenvalue weighted by Gasteiger charge is -2.03. The summed E-state index contributed by atoms with van der Waals surface area (Å²) in [5.74, 6) is 1.31. The van der Waals surface area contributed by atoms with E-state index in [9.17, 15) is 0 Å². The molecule has 0 rings (SSSR count). The number of nitrogens with zero attached hydrogens (tertiary/aromatic N) is 1. The van der Waals surface area contributed by atoms with Crippen LogP contribution in [0.25, 0.3) is 0 Å². The summed E-state index contributed by atoms with van der Waals surface area (Å²) in [5.41, 5.74) is 0. The summed E-state index contributed by atoms with van der Waals surface area (Å²) in [6, 6.07) is 2.17. The van der Waals surface area contributed by atoms with Crippen LogP contribution in [0.5, 0.6) is 0 Å². The van der Waals surface area contributed by atoms with Crippen molar-refractivity contribution in [3.05, 3.63) is 0 Å². The number of nitrogens with one attached hydrogen (secondary N) is 1. The van der Waals surface area contributed by atoms with Crippen LogP contribution in [0.2, 0.25) is 0 Å². The highest BCUT2D eigenvalue weighted by atomic mass is 32.2. The second kappa shape index (κ2) is 13.8. The molecule has 1 N–H and O–H groups in total. The minimum atomic E-state index is 0.705. The molecular formula is C12H24N2S. The third-order valence-electron chi connectivity index (χ3n) is 2.34. The predicted molar refractivity (Wildman–Crippen MR) is 69.2 cm³/mol. The van der Waals surface area contributed by atoms with E-state index in [2.05, 4.69) is 17.6 Å². The minimum absolute atomic E-state index is 0.705. The molecule has 0 aliphatic heterocycles. The summed E-state index contributed by atoms with van der Waals surface area (Å²) in [7, 11) is 0. The van der Waals surface area contributed by atoms with Crippen LogP contribution in [0, 0.1) is 11.3 Å². The maximum atomic E-state index is 8.34. The van der Waals surface area contributed by atoms with Gasteiger partial charge < -0.3 is 5.32 Å². The fourth-order valence-corrected chi connectivity index (χ4v) is 1.92. The first kappa shape index (κ1) is 14.8. The van der Waals surface area contributed by atoms with Crippen molar-refractivity contribution >= 4 is 11.8 Å². The van der Waals surface area contributed by atoms with Crippen molar-refractivity contribution in [3.8, 4) is 6.07 Å². The molecule has 0 atom stereocenters. The number of hydrogen-bond donors (Lipinski definition) is 1. The molecule has 0 saturated carbocycles. The molecule has 0 bridgehead atoms. The summed E-state index contributed by atoms with van der Waals surface area (Å²) in [5, 5.41) is 11.8. The van der Waals surface area contributed by atoms with Crippen LogP contribution in [0.1, 0.15) is 44.9 Å². The first-order chi connectivity index (χ1) is 7.41. The molecule has 0 spiro atoms. The van der Waals surface area contributed by atoms with Crippen LogP contribution in [0.15, 0.2) is 0 Å². The lowest BCUT2D eigenvalue weighted by molar-refractivity contribution is 0.578. The molecule has 0 unspecified atom stereocenters. The van der Waals surface area contributed by atoms with Crippen LogP contribution in [0.3, 0.4) is 0 Å². The molecule has 0 aromatic heterocycles. The van der Waals surface area contributed by atoms with E-state index < -0.39 is 0 Å². The maximum Gasteiger partial charge on any atom is 0.0621 e. The Labute approximate surface area is 98.8 Å². The number of thioether (sulfide) groups is 1. The van der Waals surface area contributed by atoms with Crippen LogP contribution < -0.4 is 5.32 Å². The molecule has 0 amide bonds. The van der Waals surface area contributed by atoms with E-state index in [4.69, 9.17) is 5.26 Å². The quantitative estimate of drug-likeness (QED) is 0.552. The van der Waals surface area contributed by atoms with Gasteiger partial charge in [0.2, 0.25) is 0 Å². The van der Waals surface area contributed by atoms with Crippen molar-refractivity contribution in [1.29, 1.82) is 5.26 Å². The van der Waals surface area contributed by atoms with Crippen molar-refractivity contribution in [1.82, 2.24) is 5.32 Å². The smallest absolute Gasteiger partial charge is 0.0621 e. The largest absolute Gasteiger partial charge is 0.317 e. The van der Waals surface area contributed by atoms with Gasteiger partial charge in [0.05, 0.1) is 6.07 Å². The Bertz CT molecular complexity index is 154. The minimum Gasteiger partial charge on any atom is -0.317 e. The third-order valence-corrected chi connectivity index (χ3v) is 3.04. The molecule has 2 nitrogen and oxygen atoms in total. The second-order valence-electron chi connectivity index (χ2n) is 3.77. The number of hydrogen-bond acceptors (Lipinski definition) is 3. The zero-order chi connectivity index (χ0) is 11.2. The van der Waals surface area contributed by atoms with Gasteiger partial charge in [-0.1, -0.05) is 12.8 Å². The Morgan fingerprint density at radius 2 is 1.67 bits per heavy atom. The number of nitriles is 1. The van der Waals surface area contributed by atoms with Gasteiger partial charge in [-0.25, -0.2) is 0 Å². The molecule has 88 valence electrons. The van der Waals surface area contributed by atoms with Gasteiger partial charge in [-0.2, -0.15) is 17.0 Å². The van der Waals surface area contributed by atoms with Crippen LogP contribution in [0.4, 0.5) is 0 Å². The van der Waals surface area contributed by atoms with Gasteiger partial charge in [-0.05, 0) is 50.8 Å². The Balaban J connectivity index is 2.84. The Hall–Kier alpha value is -0.200. The van der Waals surface area contributed by atoms with Gasteiger partial charge in [0.25, 0.3) is 0 Å². The molecule has 3 heteroatoms. The van der Waals surface area contributed by atoms with Crippen molar-refractivity contribution in [2.75, 3.05) is 25.1 Å². The van der Waals surface area contributed by atoms with Crippen molar-refractivity contribution < 1.29 is 0 Å². The van der Waals surface area contributed by atoms with Gasteiger partial charge >= 0.3 is 0 Å². The monoisotopic (exact) mass is 228 g/mol. The molecule has 0 fully saturated rings. The van der Waals surface area contributed by atoms with Crippen LogP contribution in [-0.4, -0.2) is 25.1 Å². The molecular weight excluding hydrogens is 204 g/mol. The van der Waals surface area contributed by atoms with E-state index in [0.717, 1.165) is 25.9 Å². The maximum absolute atomic E-state index is 8.34. The van der Waals surface area contributed by atoms with Gasteiger partial charge in [0.1, 0.15) is 0 Å². The van der Waals surface area contributed by atoms with E-state index >= 15 is 0 Å². The third kappa shape index (κ3) is 13.8. The number of unbranched alkanes of at least 4 members (excludes halogenated alkanes) is 5.